The lowest BCUT2D eigenvalue weighted by molar-refractivity contribution is -0.132. The number of benzene rings is 1. The number of hydrogen-bond acceptors (Lipinski definition) is 5. The van der Waals surface area contributed by atoms with Crippen molar-refractivity contribution in [1.29, 1.82) is 5.41 Å². The summed E-state index contributed by atoms with van der Waals surface area (Å²) >= 11 is 0. The number of carbonyl (C=O) groups is 3. The van der Waals surface area contributed by atoms with Crippen LogP contribution < -0.4 is 5.32 Å². The van der Waals surface area contributed by atoms with Crippen molar-refractivity contribution in [2.75, 3.05) is 18.4 Å². The summed E-state index contributed by atoms with van der Waals surface area (Å²) in [4.78, 5) is 35.7. The molecule has 1 atom stereocenters. The van der Waals surface area contributed by atoms with Gasteiger partial charge in [0.05, 0.1) is 18.2 Å². The molecule has 1 fully saturated rings. The molecule has 23 heavy (non-hydrogen) atoms. The molecule has 0 aliphatic carbocycles. The first-order valence-electron chi connectivity index (χ1n) is 7.35. The first kappa shape index (κ1) is 16.7. The molecule has 0 bridgehead atoms. The topological polar surface area (TPSA) is 111 Å². The van der Waals surface area contributed by atoms with Gasteiger partial charge in [0.2, 0.25) is 5.91 Å². The summed E-state index contributed by atoms with van der Waals surface area (Å²) in [6.07, 6.45) is 2.29. The number of rotatable bonds is 6. The predicted octanol–water partition coefficient (Wildman–Crippen LogP) is 1.37. The normalized spacial score (nSPS) is 16.9. The minimum Gasteiger partial charge on any atom is -0.478 e. The van der Waals surface area contributed by atoms with E-state index in [4.69, 9.17) is 10.5 Å². The fraction of sp³-hybridized carbons (Fsp3) is 0.375. The fourth-order valence-electron chi connectivity index (χ4n) is 2.66. The van der Waals surface area contributed by atoms with E-state index in [-0.39, 0.29) is 29.8 Å². The van der Waals surface area contributed by atoms with Crippen LogP contribution in [0.5, 0.6) is 0 Å². The minimum absolute atomic E-state index is 0.00294. The van der Waals surface area contributed by atoms with Gasteiger partial charge in [0.15, 0.2) is 0 Å². The summed E-state index contributed by atoms with van der Waals surface area (Å²) in [6.45, 7) is 2.12. The number of aldehydes is 1. The molecule has 7 nitrogen and oxygen atoms in total. The Labute approximate surface area is 133 Å². The van der Waals surface area contributed by atoms with E-state index in [1.807, 2.05) is 0 Å². The van der Waals surface area contributed by atoms with Crippen molar-refractivity contribution in [2.45, 2.75) is 25.8 Å². The maximum atomic E-state index is 12.2. The van der Waals surface area contributed by atoms with Crippen LogP contribution in [0.25, 0.3) is 0 Å². The summed E-state index contributed by atoms with van der Waals surface area (Å²) < 4.78 is 0. The second-order valence-electron chi connectivity index (χ2n) is 5.48. The Morgan fingerprint density at radius 2 is 2.22 bits per heavy atom. The molecule has 1 aliphatic heterocycles. The lowest BCUT2D eigenvalue weighted by Gasteiger charge is -2.21. The summed E-state index contributed by atoms with van der Waals surface area (Å²) in [5, 5.41) is 19.7. The molecule has 0 aromatic heterocycles. The van der Waals surface area contributed by atoms with Crippen LogP contribution in [0.1, 0.15) is 35.7 Å². The number of amides is 1. The average molecular weight is 317 g/mol. The lowest BCUT2D eigenvalue weighted by Crippen LogP contribution is -2.39. The lowest BCUT2D eigenvalue weighted by atomic mass is 10.0. The number of nitrogens with one attached hydrogen (secondary N) is 2. The predicted molar refractivity (Wildman–Crippen MR) is 85.2 cm³/mol. The molecule has 1 heterocycles. The van der Waals surface area contributed by atoms with Crippen LogP contribution in [0.2, 0.25) is 0 Å². The van der Waals surface area contributed by atoms with E-state index in [1.165, 1.54) is 12.1 Å². The molecule has 1 amide bonds. The smallest absolute Gasteiger partial charge is 0.335 e. The number of carboxylic acids is 1. The Bertz CT molecular complexity index is 657. The molecule has 7 heteroatoms. The Morgan fingerprint density at radius 3 is 2.83 bits per heavy atom. The third-order valence-corrected chi connectivity index (χ3v) is 3.88. The summed E-state index contributed by atoms with van der Waals surface area (Å²) in [7, 11) is 0. The van der Waals surface area contributed by atoms with Crippen molar-refractivity contribution >= 4 is 29.6 Å². The summed E-state index contributed by atoms with van der Waals surface area (Å²) in [5.74, 6) is -1.25. The van der Waals surface area contributed by atoms with E-state index < -0.39 is 5.97 Å². The molecule has 0 radical (unpaired) electrons. The molecular formula is C16H19N3O4. The number of carboxylic acid groups (broad SMARTS) is 1. The van der Waals surface area contributed by atoms with E-state index in [2.05, 4.69) is 5.32 Å². The average Bonchev–Trinajstić information content (AvgIpc) is 3.00. The van der Waals surface area contributed by atoms with Gasteiger partial charge in [0.1, 0.15) is 6.29 Å². The zero-order chi connectivity index (χ0) is 17.0. The molecule has 1 saturated heterocycles. The Morgan fingerprint density at radius 1 is 1.48 bits per heavy atom. The highest BCUT2D eigenvalue weighted by molar-refractivity contribution is 6.04. The highest BCUT2D eigenvalue weighted by atomic mass is 16.4. The van der Waals surface area contributed by atoms with Gasteiger partial charge in [-0.1, -0.05) is 0 Å². The third-order valence-electron chi connectivity index (χ3n) is 3.88. The fourth-order valence-corrected chi connectivity index (χ4v) is 2.66. The number of likely N-dealkylation sites (tertiary alicyclic amines) is 1. The van der Waals surface area contributed by atoms with Gasteiger partial charge < -0.3 is 25.5 Å². The maximum absolute atomic E-state index is 12.2. The largest absolute Gasteiger partial charge is 0.478 e. The number of carbonyl (C=O) groups excluding carboxylic acids is 2. The Balaban J connectivity index is 2.11. The highest BCUT2D eigenvalue weighted by Crippen LogP contribution is 2.20. The van der Waals surface area contributed by atoms with Gasteiger partial charge in [-0.15, -0.1) is 0 Å². The second-order valence-corrected chi connectivity index (χ2v) is 5.48. The summed E-state index contributed by atoms with van der Waals surface area (Å²) in [5.41, 5.74) is 1.25. The second kappa shape index (κ2) is 7.04. The molecule has 1 aromatic carbocycles. The number of aromatic carboxylic acids is 1. The first-order valence-corrected chi connectivity index (χ1v) is 7.35. The number of hydrogen-bond donors (Lipinski definition) is 3. The van der Waals surface area contributed by atoms with E-state index >= 15 is 0 Å². The highest BCUT2D eigenvalue weighted by Gasteiger charge is 2.27. The molecule has 3 N–H and O–H groups in total. The molecule has 1 aromatic rings. The number of nitrogens with zero attached hydrogens (tertiary/aromatic N) is 1. The Kier molecular flexibility index (Phi) is 5.10. The van der Waals surface area contributed by atoms with Gasteiger partial charge in [-0.25, -0.2) is 4.79 Å². The third kappa shape index (κ3) is 3.74. The van der Waals surface area contributed by atoms with Crippen molar-refractivity contribution in [3.8, 4) is 0 Å². The first-order chi connectivity index (χ1) is 10.9. The van der Waals surface area contributed by atoms with Gasteiger partial charge in [0, 0.05) is 23.5 Å². The molecular weight excluding hydrogens is 298 g/mol. The number of anilines is 1. The summed E-state index contributed by atoms with van der Waals surface area (Å²) in [6, 6.07) is 4.01. The van der Waals surface area contributed by atoms with Crippen LogP contribution in [0.4, 0.5) is 5.69 Å². The van der Waals surface area contributed by atoms with Crippen molar-refractivity contribution in [3.63, 3.8) is 0 Å². The molecule has 1 unspecified atom stereocenters. The van der Waals surface area contributed by atoms with Crippen molar-refractivity contribution in [1.82, 2.24) is 4.90 Å². The zero-order valence-electron chi connectivity index (χ0n) is 12.8. The van der Waals surface area contributed by atoms with Gasteiger partial charge in [-0.3, -0.25) is 4.79 Å². The van der Waals surface area contributed by atoms with Gasteiger partial charge in [-0.2, -0.15) is 0 Å². The van der Waals surface area contributed by atoms with E-state index in [0.29, 0.717) is 24.2 Å². The van der Waals surface area contributed by atoms with Gasteiger partial charge in [-0.05, 0) is 38.0 Å². The van der Waals surface area contributed by atoms with Crippen LogP contribution in [0, 0.1) is 5.41 Å². The molecule has 0 spiro atoms. The Hall–Kier alpha value is -2.70. The van der Waals surface area contributed by atoms with E-state index in [0.717, 1.165) is 12.7 Å². The standard InChI is InChI=1S/C16H19N3O4/c1-10(17)13-7-11(16(22)23)4-5-14(13)18-8-15(21)19-6-2-3-12(19)9-20/h4-5,7,9,12,17-18H,2-3,6,8H2,1H3,(H,22,23). The van der Waals surface area contributed by atoms with Crippen LogP contribution in [0.15, 0.2) is 18.2 Å². The molecule has 122 valence electrons. The maximum Gasteiger partial charge on any atom is 0.335 e. The monoisotopic (exact) mass is 317 g/mol. The van der Waals surface area contributed by atoms with Crippen LogP contribution in [0.3, 0.4) is 0 Å². The van der Waals surface area contributed by atoms with Crippen molar-refractivity contribution in [3.05, 3.63) is 29.3 Å². The quantitative estimate of drug-likeness (QED) is 0.542. The van der Waals surface area contributed by atoms with Gasteiger partial charge >= 0.3 is 5.97 Å². The van der Waals surface area contributed by atoms with Crippen LogP contribution >= 0.6 is 0 Å². The molecule has 0 saturated carbocycles. The van der Waals surface area contributed by atoms with E-state index in [1.54, 1.807) is 17.9 Å². The van der Waals surface area contributed by atoms with Crippen molar-refractivity contribution < 1.29 is 19.5 Å². The molecule has 1 aliphatic rings. The minimum atomic E-state index is -1.07. The van der Waals surface area contributed by atoms with Crippen molar-refractivity contribution in [2.24, 2.45) is 0 Å². The SMILES string of the molecule is CC(=N)c1cc(C(=O)O)ccc1NCC(=O)N1CCCC1C=O. The van der Waals surface area contributed by atoms with Gasteiger partial charge in [0.25, 0.3) is 0 Å². The zero-order valence-corrected chi connectivity index (χ0v) is 12.8. The van der Waals surface area contributed by atoms with Crippen LogP contribution in [-0.2, 0) is 9.59 Å². The van der Waals surface area contributed by atoms with Crippen LogP contribution in [-0.4, -0.2) is 53.0 Å². The van der Waals surface area contributed by atoms with E-state index in [9.17, 15) is 14.4 Å². The molecule has 2 rings (SSSR count).